The molecule has 0 heterocycles. The molecule has 0 aromatic heterocycles. The molecule has 1 aromatic rings. The molecule has 3 heteroatoms. The first-order valence-corrected chi connectivity index (χ1v) is 5.23. The van der Waals surface area contributed by atoms with Gasteiger partial charge in [-0.1, -0.05) is 30.3 Å². The fourth-order valence-electron chi connectivity index (χ4n) is 1.36. The van der Waals surface area contributed by atoms with Crippen molar-refractivity contribution < 1.29 is 14.6 Å². The average Bonchev–Trinajstić information content (AvgIpc) is 2.29. The molecule has 0 amide bonds. The zero-order valence-electron chi connectivity index (χ0n) is 9.51. The maximum absolute atomic E-state index is 10.7. The molecule has 0 bridgehead atoms. The molecule has 0 spiro atoms. The molecular formula is C13H16O3. The lowest BCUT2D eigenvalue weighted by Crippen LogP contribution is -2.05. The number of carboxylic acids is 1. The lowest BCUT2D eigenvalue weighted by Gasteiger charge is -2.13. The number of hydrogen-bond acceptors (Lipinski definition) is 2. The van der Waals surface area contributed by atoms with E-state index in [9.17, 15) is 4.79 Å². The Balaban J connectivity index is 2.92. The van der Waals surface area contributed by atoms with Crippen LogP contribution < -0.4 is 0 Å². The summed E-state index contributed by atoms with van der Waals surface area (Å²) >= 11 is 0. The SMILES string of the molecule is CCOC(C=C(C)C(=O)O)c1ccccc1. The lowest BCUT2D eigenvalue weighted by molar-refractivity contribution is -0.132. The van der Waals surface area contributed by atoms with E-state index in [2.05, 4.69) is 0 Å². The topological polar surface area (TPSA) is 46.5 Å². The molecule has 0 saturated heterocycles. The Morgan fingerprint density at radius 1 is 1.44 bits per heavy atom. The second-order valence-electron chi connectivity index (χ2n) is 3.44. The van der Waals surface area contributed by atoms with Gasteiger partial charge in [0.2, 0.25) is 0 Å². The Hall–Kier alpha value is -1.61. The first-order valence-electron chi connectivity index (χ1n) is 5.23. The van der Waals surface area contributed by atoms with E-state index in [1.165, 1.54) is 0 Å². The zero-order chi connectivity index (χ0) is 12.0. The molecule has 0 aliphatic heterocycles. The van der Waals surface area contributed by atoms with Gasteiger partial charge >= 0.3 is 5.97 Å². The number of ether oxygens (including phenoxy) is 1. The lowest BCUT2D eigenvalue weighted by atomic mass is 10.1. The maximum Gasteiger partial charge on any atom is 0.331 e. The number of carbonyl (C=O) groups is 1. The molecule has 1 unspecified atom stereocenters. The summed E-state index contributed by atoms with van der Waals surface area (Å²) in [6.45, 7) is 4.00. The van der Waals surface area contributed by atoms with Gasteiger partial charge in [-0.05, 0) is 25.5 Å². The number of carboxylic acid groups (broad SMARTS) is 1. The minimum Gasteiger partial charge on any atom is -0.478 e. The second kappa shape index (κ2) is 6.08. The zero-order valence-corrected chi connectivity index (χ0v) is 9.51. The molecule has 0 saturated carbocycles. The largest absolute Gasteiger partial charge is 0.478 e. The minimum atomic E-state index is -0.916. The third-order valence-corrected chi connectivity index (χ3v) is 2.21. The Morgan fingerprint density at radius 3 is 2.56 bits per heavy atom. The van der Waals surface area contributed by atoms with Crippen molar-refractivity contribution in [2.75, 3.05) is 6.61 Å². The van der Waals surface area contributed by atoms with Crippen molar-refractivity contribution >= 4 is 5.97 Å². The van der Waals surface area contributed by atoms with Gasteiger partial charge in [-0.15, -0.1) is 0 Å². The average molecular weight is 220 g/mol. The van der Waals surface area contributed by atoms with Crippen LogP contribution in [0.25, 0.3) is 0 Å². The summed E-state index contributed by atoms with van der Waals surface area (Å²) in [6.07, 6.45) is 1.34. The van der Waals surface area contributed by atoms with Crippen LogP contribution in [0.3, 0.4) is 0 Å². The minimum absolute atomic E-state index is 0.290. The molecular weight excluding hydrogens is 204 g/mol. The van der Waals surface area contributed by atoms with Crippen LogP contribution >= 0.6 is 0 Å². The van der Waals surface area contributed by atoms with Gasteiger partial charge in [0.25, 0.3) is 0 Å². The summed E-state index contributed by atoms with van der Waals surface area (Å²) in [5.41, 5.74) is 1.26. The summed E-state index contributed by atoms with van der Waals surface area (Å²) in [4.78, 5) is 10.7. The molecule has 0 fully saturated rings. The van der Waals surface area contributed by atoms with Gasteiger partial charge < -0.3 is 9.84 Å². The summed E-state index contributed by atoms with van der Waals surface area (Å²) < 4.78 is 5.51. The number of hydrogen-bond donors (Lipinski definition) is 1. The van der Waals surface area contributed by atoms with E-state index in [1.54, 1.807) is 13.0 Å². The molecule has 1 N–H and O–H groups in total. The normalized spacial score (nSPS) is 13.5. The van der Waals surface area contributed by atoms with E-state index in [1.807, 2.05) is 37.3 Å². The third kappa shape index (κ3) is 3.51. The predicted molar refractivity (Wildman–Crippen MR) is 62.2 cm³/mol. The van der Waals surface area contributed by atoms with Crippen LogP contribution in [0.15, 0.2) is 42.0 Å². The van der Waals surface area contributed by atoms with Crippen molar-refractivity contribution in [3.63, 3.8) is 0 Å². The van der Waals surface area contributed by atoms with Gasteiger partial charge in [-0.25, -0.2) is 4.79 Å². The summed E-state index contributed by atoms with van der Waals surface area (Å²) in [6, 6.07) is 9.58. The van der Waals surface area contributed by atoms with Crippen molar-refractivity contribution in [1.82, 2.24) is 0 Å². The predicted octanol–water partition coefficient (Wildman–Crippen LogP) is 2.80. The number of aliphatic carboxylic acids is 1. The molecule has 86 valence electrons. The van der Waals surface area contributed by atoms with E-state index >= 15 is 0 Å². The van der Waals surface area contributed by atoms with E-state index in [0.29, 0.717) is 12.2 Å². The van der Waals surface area contributed by atoms with Gasteiger partial charge in [-0.3, -0.25) is 0 Å². The van der Waals surface area contributed by atoms with E-state index in [0.717, 1.165) is 5.56 Å². The van der Waals surface area contributed by atoms with Crippen molar-refractivity contribution in [2.45, 2.75) is 20.0 Å². The molecule has 0 aliphatic carbocycles. The first kappa shape index (κ1) is 12.5. The number of rotatable bonds is 5. The molecule has 16 heavy (non-hydrogen) atoms. The number of benzene rings is 1. The van der Waals surface area contributed by atoms with Crippen molar-refractivity contribution in [3.05, 3.63) is 47.5 Å². The fraction of sp³-hybridized carbons (Fsp3) is 0.308. The van der Waals surface area contributed by atoms with Crippen LogP contribution in [0.2, 0.25) is 0 Å². The maximum atomic E-state index is 10.7. The molecule has 1 atom stereocenters. The Bertz CT molecular complexity index is 368. The molecule has 0 aliphatic rings. The fourth-order valence-corrected chi connectivity index (χ4v) is 1.36. The van der Waals surface area contributed by atoms with Gasteiger partial charge in [0.15, 0.2) is 0 Å². The highest BCUT2D eigenvalue weighted by Crippen LogP contribution is 2.20. The highest BCUT2D eigenvalue weighted by atomic mass is 16.5. The van der Waals surface area contributed by atoms with Crippen LogP contribution in [-0.4, -0.2) is 17.7 Å². The van der Waals surface area contributed by atoms with Crippen molar-refractivity contribution in [2.24, 2.45) is 0 Å². The monoisotopic (exact) mass is 220 g/mol. The van der Waals surface area contributed by atoms with Crippen molar-refractivity contribution in [3.8, 4) is 0 Å². The Labute approximate surface area is 95.4 Å². The van der Waals surface area contributed by atoms with Crippen LogP contribution in [0.5, 0.6) is 0 Å². The van der Waals surface area contributed by atoms with Crippen LogP contribution in [0.1, 0.15) is 25.5 Å². The first-order chi connectivity index (χ1) is 7.65. The molecule has 3 nitrogen and oxygen atoms in total. The summed E-state index contributed by atoms with van der Waals surface area (Å²) in [5, 5.41) is 8.82. The van der Waals surface area contributed by atoms with Gasteiger partial charge in [-0.2, -0.15) is 0 Å². The highest BCUT2D eigenvalue weighted by Gasteiger charge is 2.10. The summed E-state index contributed by atoms with van der Waals surface area (Å²) in [7, 11) is 0. The quantitative estimate of drug-likeness (QED) is 0.776. The van der Waals surface area contributed by atoms with Crippen LogP contribution in [-0.2, 0) is 9.53 Å². The Kier molecular flexibility index (Phi) is 4.73. The van der Waals surface area contributed by atoms with Gasteiger partial charge in [0.05, 0.1) is 0 Å². The Morgan fingerprint density at radius 2 is 2.06 bits per heavy atom. The third-order valence-electron chi connectivity index (χ3n) is 2.21. The molecule has 0 radical (unpaired) electrons. The van der Waals surface area contributed by atoms with E-state index in [-0.39, 0.29) is 6.10 Å². The van der Waals surface area contributed by atoms with Crippen LogP contribution in [0.4, 0.5) is 0 Å². The molecule has 1 aromatic carbocycles. The standard InChI is InChI=1S/C13H16O3/c1-3-16-12(9-10(2)13(14)15)11-7-5-4-6-8-11/h4-9,12H,3H2,1-2H3,(H,14,15). The van der Waals surface area contributed by atoms with Gasteiger partial charge in [0.1, 0.15) is 6.10 Å². The van der Waals surface area contributed by atoms with Crippen LogP contribution in [0, 0.1) is 0 Å². The highest BCUT2D eigenvalue weighted by molar-refractivity contribution is 5.85. The molecule has 1 rings (SSSR count). The smallest absolute Gasteiger partial charge is 0.331 e. The van der Waals surface area contributed by atoms with E-state index < -0.39 is 5.97 Å². The van der Waals surface area contributed by atoms with Gasteiger partial charge in [0, 0.05) is 12.2 Å². The second-order valence-corrected chi connectivity index (χ2v) is 3.44. The summed E-state index contributed by atoms with van der Waals surface area (Å²) in [5.74, 6) is -0.916. The van der Waals surface area contributed by atoms with E-state index in [4.69, 9.17) is 9.84 Å². The van der Waals surface area contributed by atoms with Crippen molar-refractivity contribution in [1.29, 1.82) is 0 Å².